The number of amides is 3. The molecular formula is C15H25ClN4O2. The SMILES string of the molecule is CCCNC(=O)NC(=O)CN(CCN)Cc1ccccc1.Cl. The van der Waals surface area contributed by atoms with Crippen LogP contribution in [0.25, 0.3) is 0 Å². The predicted octanol–water partition coefficient (Wildman–Crippen LogP) is 1.10. The van der Waals surface area contributed by atoms with Crippen molar-refractivity contribution in [3.8, 4) is 0 Å². The maximum atomic E-state index is 11.8. The zero-order valence-electron chi connectivity index (χ0n) is 12.9. The van der Waals surface area contributed by atoms with Gasteiger partial charge in [0.2, 0.25) is 5.91 Å². The van der Waals surface area contributed by atoms with Gasteiger partial charge in [0.15, 0.2) is 0 Å². The Morgan fingerprint density at radius 1 is 1.23 bits per heavy atom. The number of urea groups is 1. The summed E-state index contributed by atoms with van der Waals surface area (Å²) in [6.07, 6.45) is 0.828. The Kier molecular flexibility index (Phi) is 11.1. The molecule has 22 heavy (non-hydrogen) atoms. The fraction of sp³-hybridized carbons (Fsp3) is 0.467. The topological polar surface area (TPSA) is 87.5 Å². The first-order valence-corrected chi connectivity index (χ1v) is 7.19. The molecule has 0 unspecified atom stereocenters. The molecule has 0 aliphatic rings. The van der Waals surface area contributed by atoms with E-state index in [2.05, 4.69) is 10.6 Å². The van der Waals surface area contributed by atoms with E-state index in [0.717, 1.165) is 12.0 Å². The number of imide groups is 1. The maximum Gasteiger partial charge on any atom is 0.321 e. The number of carbonyl (C=O) groups is 2. The molecule has 0 radical (unpaired) electrons. The minimum Gasteiger partial charge on any atom is -0.338 e. The highest BCUT2D eigenvalue weighted by atomic mass is 35.5. The van der Waals surface area contributed by atoms with E-state index in [0.29, 0.717) is 26.2 Å². The van der Waals surface area contributed by atoms with Crippen molar-refractivity contribution in [2.45, 2.75) is 19.9 Å². The lowest BCUT2D eigenvalue weighted by molar-refractivity contribution is -0.121. The molecule has 0 spiro atoms. The summed E-state index contributed by atoms with van der Waals surface area (Å²) in [7, 11) is 0. The largest absolute Gasteiger partial charge is 0.338 e. The van der Waals surface area contributed by atoms with Gasteiger partial charge >= 0.3 is 6.03 Å². The summed E-state index contributed by atoms with van der Waals surface area (Å²) in [5.74, 6) is -0.326. The fourth-order valence-electron chi connectivity index (χ4n) is 1.89. The number of nitrogens with zero attached hydrogens (tertiary/aromatic N) is 1. The van der Waals surface area contributed by atoms with Crippen LogP contribution in [0.2, 0.25) is 0 Å². The molecule has 0 aliphatic heterocycles. The van der Waals surface area contributed by atoms with E-state index in [1.165, 1.54) is 0 Å². The minimum absolute atomic E-state index is 0. The zero-order valence-corrected chi connectivity index (χ0v) is 13.7. The van der Waals surface area contributed by atoms with Gasteiger partial charge in [0, 0.05) is 26.2 Å². The molecule has 7 heteroatoms. The van der Waals surface area contributed by atoms with Crippen LogP contribution in [0.4, 0.5) is 4.79 Å². The molecule has 1 aromatic carbocycles. The Labute approximate surface area is 137 Å². The van der Waals surface area contributed by atoms with Gasteiger partial charge in [-0.1, -0.05) is 37.3 Å². The van der Waals surface area contributed by atoms with Gasteiger partial charge in [0.1, 0.15) is 0 Å². The molecule has 4 N–H and O–H groups in total. The number of rotatable bonds is 8. The number of nitrogens with two attached hydrogens (primary N) is 1. The van der Waals surface area contributed by atoms with E-state index >= 15 is 0 Å². The van der Waals surface area contributed by atoms with Crippen LogP contribution in [0.5, 0.6) is 0 Å². The van der Waals surface area contributed by atoms with Crippen molar-refractivity contribution in [1.29, 1.82) is 0 Å². The summed E-state index contributed by atoms with van der Waals surface area (Å²) in [5.41, 5.74) is 6.68. The molecule has 1 rings (SSSR count). The number of nitrogens with one attached hydrogen (secondary N) is 2. The number of halogens is 1. The van der Waals surface area contributed by atoms with Crippen molar-refractivity contribution in [2.75, 3.05) is 26.2 Å². The molecule has 0 heterocycles. The quantitative estimate of drug-likeness (QED) is 0.667. The molecule has 0 aromatic heterocycles. The first-order chi connectivity index (χ1) is 10.2. The first kappa shape index (κ1) is 20.4. The standard InChI is InChI=1S/C15H24N4O2.ClH/c1-2-9-17-15(21)18-14(20)12-19(10-8-16)11-13-6-4-3-5-7-13;/h3-7H,2,8-12,16H2,1H3,(H2,17,18,20,21);1H. The molecule has 3 amide bonds. The average molecular weight is 329 g/mol. The molecule has 0 aliphatic carbocycles. The molecule has 0 atom stereocenters. The highest BCUT2D eigenvalue weighted by Gasteiger charge is 2.12. The Bertz CT molecular complexity index is 442. The Balaban J connectivity index is 0.00000441. The molecule has 0 bridgehead atoms. The summed E-state index contributed by atoms with van der Waals surface area (Å²) in [6, 6.07) is 9.39. The van der Waals surface area contributed by atoms with Gasteiger partial charge in [-0.25, -0.2) is 4.79 Å². The lowest BCUT2D eigenvalue weighted by Crippen LogP contribution is -2.45. The minimum atomic E-state index is -0.450. The van der Waals surface area contributed by atoms with Gasteiger partial charge < -0.3 is 11.1 Å². The molecule has 6 nitrogen and oxygen atoms in total. The van der Waals surface area contributed by atoms with Crippen molar-refractivity contribution in [1.82, 2.24) is 15.5 Å². The van der Waals surface area contributed by atoms with Crippen LogP contribution in [-0.4, -0.2) is 43.0 Å². The second-order valence-electron chi connectivity index (χ2n) is 4.79. The molecule has 0 saturated carbocycles. The van der Waals surface area contributed by atoms with Crippen molar-refractivity contribution in [2.24, 2.45) is 5.73 Å². The van der Waals surface area contributed by atoms with E-state index in [-0.39, 0.29) is 24.9 Å². The van der Waals surface area contributed by atoms with Crippen LogP contribution in [0, 0.1) is 0 Å². The molecule has 1 aromatic rings. The molecule has 0 fully saturated rings. The van der Waals surface area contributed by atoms with Crippen LogP contribution in [0.1, 0.15) is 18.9 Å². The lowest BCUT2D eigenvalue weighted by Gasteiger charge is -2.20. The average Bonchev–Trinajstić information content (AvgIpc) is 2.46. The summed E-state index contributed by atoms with van der Waals surface area (Å²) in [4.78, 5) is 25.2. The number of benzene rings is 1. The number of hydrogen-bond acceptors (Lipinski definition) is 4. The highest BCUT2D eigenvalue weighted by Crippen LogP contribution is 2.03. The van der Waals surface area contributed by atoms with Crippen LogP contribution in [-0.2, 0) is 11.3 Å². The summed E-state index contributed by atoms with van der Waals surface area (Å²) in [5, 5.41) is 4.92. The van der Waals surface area contributed by atoms with E-state index < -0.39 is 6.03 Å². The van der Waals surface area contributed by atoms with Crippen molar-refractivity contribution < 1.29 is 9.59 Å². The van der Waals surface area contributed by atoms with E-state index in [1.54, 1.807) is 0 Å². The summed E-state index contributed by atoms with van der Waals surface area (Å²) >= 11 is 0. The monoisotopic (exact) mass is 328 g/mol. The Morgan fingerprint density at radius 3 is 2.50 bits per heavy atom. The van der Waals surface area contributed by atoms with Crippen LogP contribution in [0.15, 0.2) is 30.3 Å². The van der Waals surface area contributed by atoms with Crippen molar-refractivity contribution in [3.63, 3.8) is 0 Å². The van der Waals surface area contributed by atoms with Crippen LogP contribution in [0.3, 0.4) is 0 Å². The number of carbonyl (C=O) groups excluding carboxylic acids is 2. The van der Waals surface area contributed by atoms with E-state index in [9.17, 15) is 9.59 Å². The van der Waals surface area contributed by atoms with Gasteiger partial charge in [-0.2, -0.15) is 0 Å². The second-order valence-corrected chi connectivity index (χ2v) is 4.79. The summed E-state index contributed by atoms with van der Waals surface area (Å²) in [6.45, 7) is 4.33. The molecule has 124 valence electrons. The van der Waals surface area contributed by atoms with Gasteiger partial charge in [0.05, 0.1) is 6.54 Å². The van der Waals surface area contributed by atoms with Crippen LogP contribution >= 0.6 is 12.4 Å². The predicted molar refractivity (Wildman–Crippen MR) is 89.9 cm³/mol. The van der Waals surface area contributed by atoms with E-state index in [4.69, 9.17) is 5.73 Å². The Morgan fingerprint density at radius 2 is 1.91 bits per heavy atom. The van der Waals surface area contributed by atoms with Gasteiger partial charge in [-0.3, -0.25) is 15.0 Å². The molecular weight excluding hydrogens is 304 g/mol. The highest BCUT2D eigenvalue weighted by molar-refractivity contribution is 5.95. The second kappa shape index (κ2) is 12.0. The van der Waals surface area contributed by atoms with E-state index in [1.807, 2.05) is 42.2 Å². The maximum absolute atomic E-state index is 11.8. The third-order valence-corrected chi connectivity index (χ3v) is 2.85. The summed E-state index contributed by atoms with van der Waals surface area (Å²) < 4.78 is 0. The molecule has 0 saturated heterocycles. The normalized spacial score (nSPS) is 9.95. The van der Waals surface area contributed by atoms with Crippen molar-refractivity contribution >= 4 is 24.3 Å². The zero-order chi connectivity index (χ0) is 15.5. The fourth-order valence-corrected chi connectivity index (χ4v) is 1.89. The smallest absolute Gasteiger partial charge is 0.321 e. The van der Waals surface area contributed by atoms with Crippen molar-refractivity contribution in [3.05, 3.63) is 35.9 Å². The lowest BCUT2D eigenvalue weighted by atomic mass is 10.2. The third kappa shape index (κ3) is 8.61. The third-order valence-electron chi connectivity index (χ3n) is 2.85. The van der Waals surface area contributed by atoms with Gasteiger partial charge in [-0.05, 0) is 12.0 Å². The van der Waals surface area contributed by atoms with Crippen LogP contribution < -0.4 is 16.4 Å². The number of hydrogen-bond donors (Lipinski definition) is 3. The van der Waals surface area contributed by atoms with Gasteiger partial charge in [0.25, 0.3) is 0 Å². The van der Waals surface area contributed by atoms with Gasteiger partial charge in [-0.15, -0.1) is 12.4 Å². The Hall–Kier alpha value is -1.63. The first-order valence-electron chi connectivity index (χ1n) is 7.19.